The molecule has 1 aliphatic rings. The number of nitrogens with zero attached hydrogens (tertiary/aromatic N) is 2. The minimum atomic E-state index is -0.494. The van der Waals surface area contributed by atoms with Crippen LogP contribution in [0.1, 0.15) is 11.3 Å². The highest BCUT2D eigenvalue weighted by atomic mass is 16.5. The van der Waals surface area contributed by atoms with Gasteiger partial charge in [0.25, 0.3) is 0 Å². The predicted molar refractivity (Wildman–Crippen MR) is 83.2 cm³/mol. The zero-order chi connectivity index (χ0) is 15.4. The zero-order valence-electron chi connectivity index (χ0n) is 12.2. The molecule has 114 valence electrons. The minimum Gasteiger partial charge on any atom is -0.453 e. The number of aromatic nitrogens is 2. The summed E-state index contributed by atoms with van der Waals surface area (Å²) >= 11 is 0. The number of ether oxygens (including phenoxy) is 1. The molecule has 1 aromatic carbocycles. The molecule has 7 nitrogen and oxygen atoms in total. The number of benzene rings is 1. The van der Waals surface area contributed by atoms with Gasteiger partial charge in [0.15, 0.2) is 0 Å². The summed E-state index contributed by atoms with van der Waals surface area (Å²) < 4.78 is 4.54. The maximum Gasteiger partial charge on any atom is 0.411 e. The van der Waals surface area contributed by atoms with E-state index < -0.39 is 6.09 Å². The Labute approximate surface area is 128 Å². The second-order valence-electron chi connectivity index (χ2n) is 4.91. The summed E-state index contributed by atoms with van der Waals surface area (Å²) in [6.07, 6.45) is 2.34. The van der Waals surface area contributed by atoms with Crippen molar-refractivity contribution in [2.45, 2.75) is 13.0 Å². The van der Waals surface area contributed by atoms with E-state index in [0.717, 1.165) is 30.9 Å². The van der Waals surface area contributed by atoms with Gasteiger partial charge in [-0.25, -0.2) is 14.8 Å². The lowest BCUT2D eigenvalue weighted by Gasteiger charge is -2.16. The molecule has 0 unspecified atom stereocenters. The van der Waals surface area contributed by atoms with Crippen LogP contribution < -0.4 is 16.0 Å². The molecule has 0 bridgehead atoms. The topological polar surface area (TPSA) is 88.2 Å². The van der Waals surface area contributed by atoms with E-state index in [1.807, 2.05) is 18.3 Å². The Morgan fingerprint density at radius 3 is 2.82 bits per heavy atom. The maximum atomic E-state index is 11.1. The molecule has 3 rings (SSSR count). The van der Waals surface area contributed by atoms with Crippen molar-refractivity contribution in [2.24, 2.45) is 0 Å². The number of hydrogen-bond acceptors (Lipinski definition) is 6. The highest BCUT2D eigenvalue weighted by molar-refractivity contribution is 5.84. The van der Waals surface area contributed by atoms with Gasteiger partial charge < -0.3 is 15.4 Å². The number of nitrogens with one attached hydrogen (secondary N) is 3. The summed E-state index contributed by atoms with van der Waals surface area (Å²) in [7, 11) is 1.33. The molecule has 7 heteroatoms. The molecule has 0 aliphatic carbocycles. The molecule has 1 amide bonds. The van der Waals surface area contributed by atoms with Crippen molar-refractivity contribution in [2.75, 3.05) is 24.3 Å². The molecule has 1 aliphatic heterocycles. The van der Waals surface area contributed by atoms with E-state index in [2.05, 4.69) is 30.7 Å². The highest BCUT2D eigenvalue weighted by Crippen LogP contribution is 2.18. The third-order valence-electron chi connectivity index (χ3n) is 3.39. The van der Waals surface area contributed by atoms with E-state index >= 15 is 0 Å². The second-order valence-corrected chi connectivity index (χ2v) is 4.91. The third-order valence-corrected chi connectivity index (χ3v) is 3.39. The van der Waals surface area contributed by atoms with E-state index in [0.29, 0.717) is 11.6 Å². The molecule has 0 saturated heterocycles. The molecule has 0 spiro atoms. The number of rotatable bonds is 3. The van der Waals surface area contributed by atoms with Gasteiger partial charge in [-0.3, -0.25) is 5.32 Å². The Hall–Kier alpha value is -2.67. The number of hydrogen-bond donors (Lipinski definition) is 3. The van der Waals surface area contributed by atoms with Gasteiger partial charge in [0.05, 0.1) is 12.8 Å². The van der Waals surface area contributed by atoms with Gasteiger partial charge in [0, 0.05) is 24.1 Å². The number of anilines is 3. The largest absolute Gasteiger partial charge is 0.453 e. The number of carbonyl (C=O) groups excluding carboxylic acids is 1. The molecule has 0 radical (unpaired) electrons. The summed E-state index contributed by atoms with van der Waals surface area (Å²) in [5.74, 6) is 0.566. The first-order valence-corrected chi connectivity index (χ1v) is 7.02. The first-order chi connectivity index (χ1) is 10.7. The number of methoxy groups -OCH3 is 1. The van der Waals surface area contributed by atoms with E-state index in [-0.39, 0.29) is 0 Å². The Morgan fingerprint density at radius 1 is 1.27 bits per heavy atom. The van der Waals surface area contributed by atoms with Crippen LogP contribution in [0.4, 0.5) is 22.1 Å². The van der Waals surface area contributed by atoms with E-state index in [1.54, 1.807) is 12.1 Å². The molecule has 2 heterocycles. The van der Waals surface area contributed by atoms with Crippen LogP contribution in [0.3, 0.4) is 0 Å². The first kappa shape index (κ1) is 14.3. The average Bonchev–Trinajstić information content (AvgIpc) is 2.56. The summed E-state index contributed by atoms with van der Waals surface area (Å²) in [6.45, 7) is 1.74. The van der Waals surface area contributed by atoms with Crippen LogP contribution in [0.2, 0.25) is 0 Å². The Bertz CT molecular complexity index is 672. The van der Waals surface area contributed by atoms with Gasteiger partial charge in [-0.1, -0.05) is 0 Å². The molecular weight excluding hydrogens is 282 g/mol. The van der Waals surface area contributed by atoms with E-state index in [1.165, 1.54) is 12.7 Å². The number of amides is 1. The number of carbonyl (C=O) groups is 1. The van der Waals surface area contributed by atoms with Crippen molar-refractivity contribution in [3.8, 4) is 0 Å². The molecule has 0 atom stereocenters. The summed E-state index contributed by atoms with van der Waals surface area (Å²) in [5.41, 5.74) is 3.74. The minimum absolute atomic E-state index is 0.494. The first-order valence-electron chi connectivity index (χ1n) is 7.02. The smallest absolute Gasteiger partial charge is 0.411 e. The molecule has 2 aromatic rings. The Kier molecular flexibility index (Phi) is 4.15. The third kappa shape index (κ3) is 3.32. The van der Waals surface area contributed by atoms with Crippen molar-refractivity contribution in [3.63, 3.8) is 0 Å². The van der Waals surface area contributed by atoms with E-state index in [9.17, 15) is 4.79 Å². The summed E-state index contributed by atoms with van der Waals surface area (Å²) in [6, 6.07) is 7.23. The van der Waals surface area contributed by atoms with E-state index in [4.69, 9.17) is 0 Å². The van der Waals surface area contributed by atoms with Gasteiger partial charge in [-0.2, -0.15) is 0 Å². The summed E-state index contributed by atoms with van der Waals surface area (Å²) in [4.78, 5) is 20.0. The Balaban J connectivity index is 1.69. The van der Waals surface area contributed by atoms with Crippen molar-refractivity contribution >= 4 is 23.4 Å². The average molecular weight is 299 g/mol. The second kappa shape index (κ2) is 6.40. The number of fused-ring (bicyclic) bond motifs is 1. The fourth-order valence-corrected chi connectivity index (χ4v) is 2.23. The molecular formula is C15H17N5O2. The standard InChI is InChI=1S/C15H17N5O2/c1-22-15(21)19-12-4-2-11(3-5-12)18-14-17-8-10-6-7-16-9-13(10)20-14/h2-5,8,16H,6-7,9H2,1H3,(H,19,21)(H,17,18,20). The van der Waals surface area contributed by atoms with Gasteiger partial charge in [0.1, 0.15) is 0 Å². The molecule has 1 aromatic heterocycles. The molecule has 22 heavy (non-hydrogen) atoms. The Morgan fingerprint density at radius 2 is 2.05 bits per heavy atom. The van der Waals surface area contributed by atoms with Gasteiger partial charge >= 0.3 is 6.09 Å². The molecule has 0 fully saturated rings. The lowest BCUT2D eigenvalue weighted by atomic mass is 10.1. The summed E-state index contributed by atoms with van der Waals surface area (Å²) in [5, 5.41) is 9.04. The van der Waals surface area contributed by atoms with Crippen LogP contribution in [-0.2, 0) is 17.7 Å². The predicted octanol–water partition coefficient (Wildman–Crippen LogP) is 2.04. The van der Waals surface area contributed by atoms with Crippen LogP contribution in [0.25, 0.3) is 0 Å². The van der Waals surface area contributed by atoms with Crippen LogP contribution in [0.15, 0.2) is 30.5 Å². The fourth-order valence-electron chi connectivity index (χ4n) is 2.23. The van der Waals surface area contributed by atoms with Crippen LogP contribution in [0.5, 0.6) is 0 Å². The van der Waals surface area contributed by atoms with Crippen LogP contribution in [-0.4, -0.2) is 29.7 Å². The van der Waals surface area contributed by atoms with Crippen molar-refractivity contribution < 1.29 is 9.53 Å². The van der Waals surface area contributed by atoms with Gasteiger partial charge in [0.2, 0.25) is 5.95 Å². The van der Waals surface area contributed by atoms with Crippen LogP contribution in [0, 0.1) is 0 Å². The van der Waals surface area contributed by atoms with Crippen LogP contribution >= 0.6 is 0 Å². The van der Waals surface area contributed by atoms with Crippen molar-refractivity contribution in [1.82, 2.24) is 15.3 Å². The SMILES string of the molecule is COC(=O)Nc1ccc(Nc2ncc3c(n2)CNCC3)cc1. The fraction of sp³-hybridized carbons (Fsp3) is 0.267. The zero-order valence-corrected chi connectivity index (χ0v) is 12.2. The maximum absolute atomic E-state index is 11.1. The molecule has 0 saturated carbocycles. The lowest BCUT2D eigenvalue weighted by molar-refractivity contribution is 0.187. The quantitative estimate of drug-likeness (QED) is 0.804. The van der Waals surface area contributed by atoms with Crippen molar-refractivity contribution in [1.29, 1.82) is 0 Å². The normalized spacial score (nSPS) is 13.1. The lowest BCUT2D eigenvalue weighted by Crippen LogP contribution is -2.25. The van der Waals surface area contributed by atoms with Gasteiger partial charge in [-0.05, 0) is 42.8 Å². The van der Waals surface area contributed by atoms with Gasteiger partial charge in [-0.15, -0.1) is 0 Å². The monoisotopic (exact) mass is 299 g/mol. The van der Waals surface area contributed by atoms with Crippen molar-refractivity contribution in [3.05, 3.63) is 41.7 Å². The highest BCUT2D eigenvalue weighted by Gasteiger charge is 2.11. The molecule has 3 N–H and O–H groups in total.